The lowest BCUT2D eigenvalue weighted by molar-refractivity contribution is -0.00575. The molecule has 1 saturated carbocycles. The molecule has 2 heterocycles. The van der Waals surface area contributed by atoms with Gasteiger partial charge in [0.1, 0.15) is 11.9 Å². The van der Waals surface area contributed by atoms with Gasteiger partial charge < -0.3 is 27.2 Å². The zero-order valence-corrected chi connectivity index (χ0v) is 19.9. The summed E-state index contributed by atoms with van der Waals surface area (Å²) in [6, 6.07) is 11.8. The first kappa shape index (κ1) is 25.5. The van der Waals surface area contributed by atoms with Crippen LogP contribution in [-0.4, -0.2) is 39.5 Å². The number of hydrogen-bond donors (Lipinski definition) is 5. The highest BCUT2D eigenvalue weighted by atomic mass is 19.3. The number of carbonyl (C=O) groups excluding carboxylic acids is 1. The summed E-state index contributed by atoms with van der Waals surface area (Å²) in [5, 5.41) is 16.3. The predicted octanol–water partition coefficient (Wildman–Crippen LogP) is 4.27. The van der Waals surface area contributed by atoms with Crippen molar-refractivity contribution in [3.8, 4) is 11.1 Å². The fourth-order valence-corrected chi connectivity index (χ4v) is 4.50. The van der Waals surface area contributed by atoms with Crippen molar-refractivity contribution >= 4 is 23.1 Å². The van der Waals surface area contributed by atoms with Gasteiger partial charge in [0.05, 0.1) is 17.6 Å². The Kier molecular flexibility index (Phi) is 7.76. The average molecular weight is 497 g/mol. The molecule has 7 N–H and O–H groups in total. The van der Waals surface area contributed by atoms with Gasteiger partial charge in [-0.15, -0.1) is 0 Å². The predicted molar refractivity (Wildman–Crippen MR) is 135 cm³/mol. The summed E-state index contributed by atoms with van der Waals surface area (Å²) in [6.07, 6.45) is 0.955. The number of amides is 1. The number of carbonyl (C=O) groups is 1. The zero-order valence-electron chi connectivity index (χ0n) is 19.9. The Labute approximate surface area is 208 Å². The van der Waals surface area contributed by atoms with Crippen LogP contribution in [0.4, 0.5) is 26.0 Å². The Bertz CT molecular complexity index is 1240. The van der Waals surface area contributed by atoms with E-state index in [2.05, 4.69) is 20.6 Å². The van der Waals surface area contributed by atoms with Crippen molar-refractivity contribution in [3.05, 3.63) is 65.6 Å². The summed E-state index contributed by atoms with van der Waals surface area (Å²) in [7, 11) is 0. The van der Waals surface area contributed by atoms with Crippen LogP contribution < -0.4 is 22.1 Å². The second kappa shape index (κ2) is 11.0. The van der Waals surface area contributed by atoms with Gasteiger partial charge in [0.25, 0.3) is 12.3 Å². The maximum atomic E-state index is 12.9. The van der Waals surface area contributed by atoms with E-state index in [0.717, 1.165) is 31.2 Å². The highest BCUT2D eigenvalue weighted by Crippen LogP contribution is 2.30. The molecule has 8 nitrogen and oxygen atoms in total. The molecule has 3 atom stereocenters. The maximum Gasteiger partial charge on any atom is 0.269 e. The Morgan fingerprint density at radius 2 is 1.94 bits per heavy atom. The van der Waals surface area contributed by atoms with Gasteiger partial charge in [-0.25, -0.2) is 18.7 Å². The number of benzene rings is 1. The van der Waals surface area contributed by atoms with E-state index in [1.807, 2.05) is 0 Å². The molecule has 1 amide bonds. The van der Waals surface area contributed by atoms with Crippen LogP contribution in [0.15, 0.2) is 48.7 Å². The lowest BCUT2D eigenvalue weighted by Gasteiger charge is -2.30. The summed E-state index contributed by atoms with van der Waals surface area (Å²) < 4.78 is 25.9. The van der Waals surface area contributed by atoms with Crippen molar-refractivity contribution in [1.29, 1.82) is 0 Å². The Hall–Kier alpha value is -3.63. The summed E-state index contributed by atoms with van der Waals surface area (Å²) in [5.41, 5.74) is 15.1. The number of halogens is 2. The normalized spacial score (nSPS) is 18.6. The molecule has 10 heteroatoms. The molecule has 36 heavy (non-hydrogen) atoms. The van der Waals surface area contributed by atoms with Crippen molar-refractivity contribution in [3.63, 3.8) is 0 Å². The van der Waals surface area contributed by atoms with Crippen LogP contribution in [0.3, 0.4) is 0 Å². The van der Waals surface area contributed by atoms with E-state index in [4.69, 9.17) is 11.5 Å². The monoisotopic (exact) mass is 496 g/mol. The molecule has 0 saturated heterocycles. The number of alkyl halides is 2. The molecular formula is C26H30F2N6O2. The molecule has 1 aromatic carbocycles. The van der Waals surface area contributed by atoms with Gasteiger partial charge in [0.2, 0.25) is 0 Å². The third-order valence-corrected chi connectivity index (χ3v) is 6.42. The molecule has 1 aliphatic rings. The number of nitrogens with zero attached hydrogens (tertiary/aromatic N) is 2. The average Bonchev–Trinajstić information content (AvgIpc) is 2.85. The number of pyridine rings is 2. The molecule has 0 bridgehead atoms. The summed E-state index contributed by atoms with van der Waals surface area (Å²) in [4.78, 5) is 20.8. The number of nitrogens with two attached hydrogens (primary N) is 2. The molecule has 190 valence electrons. The van der Waals surface area contributed by atoms with Gasteiger partial charge in [0, 0.05) is 23.3 Å². The molecular weight excluding hydrogens is 466 g/mol. The fourth-order valence-electron chi connectivity index (χ4n) is 4.50. The third kappa shape index (κ3) is 5.77. The van der Waals surface area contributed by atoms with E-state index in [-0.39, 0.29) is 23.3 Å². The summed E-state index contributed by atoms with van der Waals surface area (Å²) in [5.74, 6) is -0.225. The van der Waals surface area contributed by atoms with Gasteiger partial charge in [-0.1, -0.05) is 31.0 Å². The van der Waals surface area contributed by atoms with Crippen molar-refractivity contribution in [1.82, 2.24) is 9.97 Å². The highest BCUT2D eigenvalue weighted by molar-refractivity contribution is 5.97. The Balaban J connectivity index is 1.58. The number of aromatic nitrogens is 2. The zero-order chi connectivity index (χ0) is 25.8. The molecule has 0 radical (unpaired) electrons. The standard InChI is InChI=1S/C26H30F2N6O2/c1-14-18(15-5-4-6-16(11-15)24(35)25(27)28)9-10-22(32-14)34-21-12-17(13-31-23(21)26(30)36)33-20-8-3-2-7-19(20)29/h4-6,9-13,19-20,24-25,33,35H,2-3,7-8,29H2,1H3,(H2,30,36)(H,32,34). The van der Waals surface area contributed by atoms with Crippen LogP contribution in [0, 0.1) is 6.92 Å². The van der Waals surface area contributed by atoms with Crippen molar-refractivity contribution in [2.24, 2.45) is 11.5 Å². The molecule has 0 aliphatic heterocycles. The number of nitrogens with one attached hydrogen (secondary N) is 2. The first-order valence-electron chi connectivity index (χ1n) is 11.9. The molecule has 4 rings (SSSR count). The van der Waals surface area contributed by atoms with Gasteiger partial charge in [-0.05, 0) is 55.2 Å². The third-order valence-electron chi connectivity index (χ3n) is 6.42. The number of rotatable bonds is 8. The van der Waals surface area contributed by atoms with E-state index < -0.39 is 18.4 Å². The van der Waals surface area contributed by atoms with Gasteiger partial charge >= 0.3 is 0 Å². The van der Waals surface area contributed by atoms with Crippen molar-refractivity contribution in [2.75, 3.05) is 10.6 Å². The van der Waals surface area contributed by atoms with Crippen molar-refractivity contribution in [2.45, 2.75) is 57.2 Å². The van der Waals surface area contributed by atoms with E-state index in [0.29, 0.717) is 28.5 Å². The van der Waals surface area contributed by atoms with Crippen LogP contribution in [0.2, 0.25) is 0 Å². The Morgan fingerprint density at radius 3 is 2.64 bits per heavy atom. The highest BCUT2D eigenvalue weighted by Gasteiger charge is 2.23. The summed E-state index contributed by atoms with van der Waals surface area (Å²) >= 11 is 0. The Morgan fingerprint density at radius 1 is 1.17 bits per heavy atom. The smallest absolute Gasteiger partial charge is 0.269 e. The number of aliphatic hydroxyl groups excluding tert-OH is 1. The molecule has 2 aromatic heterocycles. The molecule has 3 aromatic rings. The largest absolute Gasteiger partial charge is 0.382 e. The number of primary amides is 1. The topological polar surface area (TPSA) is 139 Å². The van der Waals surface area contributed by atoms with E-state index in [1.54, 1.807) is 43.5 Å². The first-order chi connectivity index (χ1) is 17.2. The van der Waals surface area contributed by atoms with Crippen LogP contribution in [-0.2, 0) is 0 Å². The summed E-state index contributed by atoms with van der Waals surface area (Å²) in [6.45, 7) is 1.78. The van der Waals surface area contributed by atoms with Crippen LogP contribution in [0.5, 0.6) is 0 Å². The lowest BCUT2D eigenvalue weighted by atomic mass is 9.91. The van der Waals surface area contributed by atoms with Gasteiger partial charge in [-0.2, -0.15) is 0 Å². The number of anilines is 3. The number of aliphatic hydroxyl groups is 1. The van der Waals surface area contributed by atoms with Gasteiger partial charge in [-0.3, -0.25) is 4.79 Å². The van der Waals surface area contributed by atoms with Gasteiger partial charge in [0.15, 0.2) is 5.69 Å². The SMILES string of the molecule is Cc1nc(Nc2cc(NC3CCCCC3N)cnc2C(N)=O)ccc1-c1cccc(C(O)C(F)F)c1. The van der Waals surface area contributed by atoms with E-state index >= 15 is 0 Å². The quantitative estimate of drug-likeness (QED) is 0.314. The number of aryl methyl sites for hydroxylation is 1. The molecule has 3 unspecified atom stereocenters. The van der Waals surface area contributed by atoms with E-state index in [9.17, 15) is 18.7 Å². The minimum Gasteiger partial charge on any atom is -0.382 e. The maximum absolute atomic E-state index is 12.9. The number of hydrogen-bond acceptors (Lipinski definition) is 7. The van der Waals surface area contributed by atoms with Crippen molar-refractivity contribution < 1.29 is 18.7 Å². The first-order valence-corrected chi connectivity index (χ1v) is 11.9. The lowest BCUT2D eigenvalue weighted by Crippen LogP contribution is -2.42. The molecule has 0 spiro atoms. The van der Waals surface area contributed by atoms with E-state index in [1.165, 1.54) is 12.1 Å². The second-order valence-corrected chi connectivity index (χ2v) is 9.04. The second-order valence-electron chi connectivity index (χ2n) is 9.04. The molecule has 1 aliphatic carbocycles. The minimum atomic E-state index is -2.88. The minimum absolute atomic E-state index is 0.0446. The molecule has 1 fully saturated rings. The van der Waals surface area contributed by atoms with Crippen LogP contribution in [0.1, 0.15) is 53.5 Å². The van der Waals surface area contributed by atoms with Crippen LogP contribution >= 0.6 is 0 Å². The fraction of sp³-hybridized carbons (Fsp3) is 0.346. The van der Waals surface area contributed by atoms with Crippen LogP contribution in [0.25, 0.3) is 11.1 Å².